The van der Waals surface area contributed by atoms with Crippen LogP contribution >= 0.6 is 11.6 Å². The summed E-state index contributed by atoms with van der Waals surface area (Å²) in [6, 6.07) is 11.1. The van der Waals surface area contributed by atoms with Crippen molar-refractivity contribution in [3.05, 3.63) is 53.1 Å². The van der Waals surface area contributed by atoms with Gasteiger partial charge in [-0.05, 0) is 24.3 Å². The Labute approximate surface area is 115 Å². The molecule has 0 saturated heterocycles. The van der Waals surface area contributed by atoms with E-state index in [0.717, 1.165) is 0 Å². The van der Waals surface area contributed by atoms with Gasteiger partial charge in [0.25, 0.3) is 0 Å². The highest BCUT2D eigenvalue weighted by Gasteiger charge is 2.08. The van der Waals surface area contributed by atoms with Crippen molar-refractivity contribution in [3.8, 4) is 11.5 Å². The van der Waals surface area contributed by atoms with Crippen molar-refractivity contribution in [1.82, 2.24) is 0 Å². The van der Waals surface area contributed by atoms with Crippen LogP contribution in [-0.4, -0.2) is 16.1 Å². The van der Waals surface area contributed by atoms with Gasteiger partial charge in [0, 0.05) is 11.3 Å². The lowest BCUT2D eigenvalue weighted by Crippen LogP contribution is -2.14. The second-order valence-electron chi connectivity index (χ2n) is 4.02. The number of carbonyl (C=O) groups is 1. The van der Waals surface area contributed by atoms with Gasteiger partial charge in [0.1, 0.15) is 11.5 Å². The normalized spacial score (nSPS) is 10.2. The Balaban J connectivity index is 2.05. The Bertz CT molecular complexity index is 613. The first kappa shape index (κ1) is 13.2. The number of carbonyl (C=O) groups excluding carboxylic acids is 1. The van der Waals surface area contributed by atoms with E-state index in [9.17, 15) is 15.0 Å². The number of aromatic hydroxyl groups is 2. The third kappa shape index (κ3) is 3.39. The van der Waals surface area contributed by atoms with Crippen LogP contribution in [0.15, 0.2) is 42.5 Å². The standard InChI is InChI=1S/C14H12ClNO3/c15-11-8-10(5-6-13(11)18)16-14(19)7-9-3-1-2-4-12(9)17/h1-6,8,17-18H,7H2,(H,16,19). The summed E-state index contributed by atoms with van der Waals surface area (Å²) in [5.41, 5.74) is 1.04. The van der Waals surface area contributed by atoms with Crippen LogP contribution in [0.5, 0.6) is 11.5 Å². The quantitative estimate of drug-likeness (QED) is 0.756. The van der Waals surface area contributed by atoms with Gasteiger partial charge in [-0.2, -0.15) is 0 Å². The number of para-hydroxylation sites is 1. The van der Waals surface area contributed by atoms with Gasteiger partial charge in [-0.25, -0.2) is 0 Å². The molecule has 0 aromatic heterocycles. The first-order valence-electron chi connectivity index (χ1n) is 5.61. The Morgan fingerprint density at radius 2 is 1.84 bits per heavy atom. The Morgan fingerprint density at radius 1 is 1.11 bits per heavy atom. The van der Waals surface area contributed by atoms with Crippen LogP contribution in [0.4, 0.5) is 5.69 Å². The Hall–Kier alpha value is -2.20. The molecule has 2 rings (SSSR count). The molecule has 0 bridgehead atoms. The fourth-order valence-corrected chi connectivity index (χ4v) is 1.80. The molecule has 0 spiro atoms. The van der Waals surface area contributed by atoms with Gasteiger partial charge in [0.2, 0.25) is 5.91 Å². The van der Waals surface area contributed by atoms with Crippen LogP contribution in [0.1, 0.15) is 5.56 Å². The molecule has 19 heavy (non-hydrogen) atoms. The van der Waals surface area contributed by atoms with E-state index >= 15 is 0 Å². The SMILES string of the molecule is O=C(Cc1ccccc1O)Nc1ccc(O)c(Cl)c1. The van der Waals surface area contributed by atoms with E-state index in [4.69, 9.17) is 11.6 Å². The zero-order valence-corrected chi connectivity index (χ0v) is 10.7. The molecule has 2 aromatic carbocycles. The largest absolute Gasteiger partial charge is 0.508 e. The molecule has 98 valence electrons. The van der Waals surface area contributed by atoms with E-state index in [1.54, 1.807) is 24.3 Å². The number of phenolic OH excluding ortho intramolecular Hbond substituents is 2. The van der Waals surface area contributed by atoms with Crippen LogP contribution < -0.4 is 5.32 Å². The van der Waals surface area contributed by atoms with Crippen LogP contribution in [0.3, 0.4) is 0 Å². The van der Waals surface area contributed by atoms with Crippen molar-refractivity contribution in [1.29, 1.82) is 0 Å². The topological polar surface area (TPSA) is 69.6 Å². The van der Waals surface area contributed by atoms with Crippen LogP contribution in [0, 0.1) is 0 Å². The third-order valence-corrected chi connectivity index (χ3v) is 2.88. The number of rotatable bonds is 3. The lowest BCUT2D eigenvalue weighted by Gasteiger charge is -2.07. The fraction of sp³-hybridized carbons (Fsp3) is 0.0714. The van der Waals surface area contributed by atoms with Crippen molar-refractivity contribution in [3.63, 3.8) is 0 Å². The Morgan fingerprint density at radius 3 is 2.53 bits per heavy atom. The van der Waals surface area contributed by atoms with Crippen molar-refractivity contribution in [2.24, 2.45) is 0 Å². The predicted octanol–water partition coefficient (Wildman–Crippen LogP) is 2.93. The van der Waals surface area contributed by atoms with Crippen molar-refractivity contribution in [2.45, 2.75) is 6.42 Å². The molecule has 0 aliphatic heterocycles. The molecule has 0 fully saturated rings. The molecule has 0 radical (unpaired) electrons. The summed E-state index contributed by atoms with van der Waals surface area (Å²) in [5, 5.41) is 21.7. The number of halogens is 1. The molecule has 1 amide bonds. The lowest BCUT2D eigenvalue weighted by molar-refractivity contribution is -0.115. The first-order chi connectivity index (χ1) is 9.06. The Kier molecular flexibility index (Phi) is 3.92. The smallest absolute Gasteiger partial charge is 0.228 e. The lowest BCUT2D eigenvalue weighted by atomic mass is 10.1. The minimum Gasteiger partial charge on any atom is -0.508 e. The van der Waals surface area contributed by atoms with Gasteiger partial charge >= 0.3 is 0 Å². The monoisotopic (exact) mass is 277 g/mol. The third-order valence-electron chi connectivity index (χ3n) is 2.57. The predicted molar refractivity (Wildman–Crippen MR) is 73.6 cm³/mol. The number of anilines is 1. The van der Waals surface area contributed by atoms with E-state index in [0.29, 0.717) is 11.3 Å². The zero-order chi connectivity index (χ0) is 13.8. The van der Waals surface area contributed by atoms with E-state index in [1.165, 1.54) is 18.2 Å². The summed E-state index contributed by atoms with van der Waals surface area (Å²) in [5.74, 6) is -0.231. The summed E-state index contributed by atoms with van der Waals surface area (Å²) < 4.78 is 0. The second kappa shape index (κ2) is 5.63. The average molecular weight is 278 g/mol. The van der Waals surface area contributed by atoms with Crippen LogP contribution in [-0.2, 0) is 11.2 Å². The molecule has 3 N–H and O–H groups in total. The summed E-state index contributed by atoms with van der Waals surface area (Å²) in [6.07, 6.45) is 0.0607. The molecule has 4 nitrogen and oxygen atoms in total. The van der Waals surface area contributed by atoms with Gasteiger partial charge in [-0.3, -0.25) is 4.79 Å². The van der Waals surface area contributed by atoms with E-state index < -0.39 is 0 Å². The summed E-state index contributed by atoms with van der Waals surface area (Å²) in [6.45, 7) is 0. The summed E-state index contributed by atoms with van der Waals surface area (Å²) in [7, 11) is 0. The molecule has 2 aromatic rings. The summed E-state index contributed by atoms with van der Waals surface area (Å²) >= 11 is 5.74. The van der Waals surface area contributed by atoms with Crippen LogP contribution in [0.2, 0.25) is 5.02 Å². The highest BCUT2D eigenvalue weighted by atomic mass is 35.5. The van der Waals surface area contributed by atoms with Crippen molar-refractivity contribution in [2.75, 3.05) is 5.32 Å². The first-order valence-corrected chi connectivity index (χ1v) is 5.99. The molecule has 0 heterocycles. The molecular formula is C14H12ClNO3. The van der Waals surface area contributed by atoms with Crippen molar-refractivity contribution < 1.29 is 15.0 Å². The molecule has 0 saturated carbocycles. The van der Waals surface area contributed by atoms with E-state index in [1.807, 2.05) is 0 Å². The number of phenols is 2. The van der Waals surface area contributed by atoms with Gasteiger partial charge in [0.15, 0.2) is 0 Å². The maximum Gasteiger partial charge on any atom is 0.228 e. The second-order valence-corrected chi connectivity index (χ2v) is 4.43. The molecular weight excluding hydrogens is 266 g/mol. The molecule has 5 heteroatoms. The highest BCUT2D eigenvalue weighted by Crippen LogP contribution is 2.26. The molecule has 0 aliphatic rings. The summed E-state index contributed by atoms with van der Waals surface area (Å²) in [4.78, 5) is 11.8. The maximum absolute atomic E-state index is 11.8. The molecule has 0 aliphatic carbocycles. The minimum absolute atomic E-state index is 0.0413. The van der Waals surface area contributed by atoms with Crippen LogP contribution in [0.25, 0.3) is 0 Å². The van der Waals surface area contributed by atoms with Gasteiger partial charge in [-0.1, -0.05) is 29.8 Å². The fourth-order valence-electron chi connectivity index (χ4n) is 1.62. The minimum atomic E-state index is -0.275. The zero-order valence-electron chi connectivity index (χ0n) is 9.93. The van der Waals surface area contributed by atoms with Crippen molar-refractivity contribution >= 4 is 23.2 Å². The highest BCUT2D eigenvalue weighted by molar-refractivity contribution is 6.32. The number of benzene rings is 2. The molecule has 0 atom stereocenters. The number of hydrogen-bond donors (Lipinski definition) is 3. The van der Waals surface area contributed by atoms with Gasteiger partial charge in [0.05, 0.1) is 11.4 Å². The van der Waals surface area contributed by atoms with E-state index in [-0.39, 0.29) is 28.8 Å². The molecule has 0 unspecified atom stereocenters. The number of amides is 1. The van der Waals surface area contributed by atoms with Gasteiger partial charge in [-0.15, -0.1) is 0 Å². The van der Waals surface area contributed by atoms with Gasteiger partial charge < -0.3 is 15.5 Å². The maximum atomic E-state index is 11.8. The number of hydrogen-bond acceptors (Lipinski definition) is 3. The average Bonchev–Trinajstić information content (AvgIpc) is 2.37. The number of nitrogens with one attached hydrogen (secondary N) is 1. The van der Waals surface area contributed by atoms with E-state index in [2.05, 4.69) is 5.32 Å².